The number of nitrogens with zero attached hydrogens (tertiary/aromatic N) is 2. The summed E-state index contributed by atoms with van der Waals surface area (Å²) < 4.78 is 1.89. The number of thiocarbonyl (C=S) groups is 1. The molecule has 19 heavy (non-hydrogen) atoms. The van der Waals surface area contributed by atoms with Crippen molar-refractivity contribution in [3.63, 3.8) is 0 Å². The van der Waals surface area contributed by atoms with E-state index in [9.17, 15) is 5.21 Å². The molecule has 0 saturated carbocycles. The van der Waals surface area contributed by atoms with Gasteiger partial charge in [-0.3, -0.25) is 10.1 Å². The molecule has 3 nitrogen and oxygen atoms in total. The number of rotatable bonds is 4. The molecule has 2 rings (SSSR count). The summed E-state index contributed by atoms with van der Waals surface area (Å²) in [4.78, 5) is 3.01. The molecule has 0 aliphatic carbocycles. The summed E-state index contributed by atoms with van der Waals surface area (Å²) in [6.07, 6.45) is 3.37. The maximum Gasteiger partial charge on any atom is 0.292 e. The highest BCUT2D eigenvalue weighted by atomic mass is 32.2. The summed E-state index contributed by atoms with van der Waals surface area (Å²) in [5.74, 6) is 0. The molecule has 0 amide bonds. The highest BCUT2D eigenvalue weighted by molar-refractivity contribution is 8.24. The van der Waals surface area contributed by atoms with E-state index in [0.29, 0.717) is 6.54 Å². The van der Waals surface area contributed by atoms with E-state index in [0.717, 1.165) is 9.20 Å². The zero-order valence-corrected chi connectivity index (χ0v) is 13.4. The lowest BCUT2D eigenvalue weighted by Gasteiger charge is -2.24. The van der Waals surface area contributed by atoms with E-state index in [1.807, 2.05) is 22.4 Å². The molecule has 1 aliphatic rings. The van der Waals surface area contributed by atoms with Crippen LogP contribution in [-0.4, -0.2) is 42.8 Å². The largest absolute Gasteiger partial charge is 0.292 e. The van der Waals surface area contributed by atoms with Crippen LogP contribution in [0.2, 0.25) is 0 Å². The Labute approximate surface area is 127 Å². The second-order valence-electron chi connectivity index (χ2n) is 4.81. The third-order valence-corrected chi connectivity index (χ3v) is 5.32. The maximum absolute atomic E-state index is 10.4. The first-order chi connectivity index (χ1) is 8.95. The first-order valence-electron chi connectivity index (χ1n) is 5.92. The van der Waals surface area contributed by atoms with Gasteiger partial charge in [0.2, 0.25) is 6.21 Å². The molecule has 1 aliphatic heterocycles. The van der Waals surface area contributed by atoms with Gasteiger partial charge in [0.25, 0.3) is 6.17 Å². The molecule has 1 fully saturated rings. The average Bonchev–Trinajstić information content (AvgIpc) is 2.86. The minimum absolute atomic E-state index is 0.178. The molecule has 1 N–H and O–H groups in total. The predicted octanol–water partition coefficient (Wildman–Crippen LogP) is 3.19. The maximum atomic E-state index is 10.4. The number of hydrogen-bond acceptors (Lipinski definition) is 4. The molecule has 0 aromatic carbocycles. The monoisotopic (exact) mass is 313 g/mol. The zero-order valence-electron chi connectivity index (χ0n) is 10.9. The predicted molar refractivity (Wildman–Crippen MR) is 86.5 cm³/mol. The van der Waals surface area contributed by atoms with Gasteiger partial charge in [0.1, 0.15) is 9.07 Å². The third kappa shape index (κ3) is 3.01. The van der Waals surface area contributed by atoms with Crippen LogP contribution >= 0.6 is 35.3 Å². The van der Waals surface area contributed by atoms with Crippen molar-refractivity contribution in [2.24, 2.45) is 0 Å². The Hall–Kier alpha value is -0.850. The Morgan fingerprint density at radius 1 is 1.63 bits per heavy atom. The van der Waals surface area contributed by atoms with Crippen molar-refractivity contribution in [1.29, 1.82) is 0 Å². The number of hydroxylamine groups is 1. The second kappa shape index (κ2) is 5.64. The van der Waals surface area contributed by atoms with Crippen molar-refractivity contribution in [1.82, 2.24) is 4.90 Å². The van der Waals surface area contributed by atoms with Crippen LogP contribution in [-0.2, 0) is 0 Å². The lowest BCUT2D eigenvalue weighted by Crippen LogP contribution is -2.48. The van der Waals surface area contributed by atoms with Gasteiger partial charge in [0, 0.05) is 6.54 Å². The fraction of sp³-hybridized carbons (Fsp3) is 0.385. The average molecular weight is 313 g/mol. The Kier molecular flexibility index (Phi) is 4.32. The van der Waals surface area contributed by atoms with Crippen LogP contribution in [0.25, 0.3) is 0 Å². The molecule has 102 valence electrons. The molecule has 1 aromatic heterocycles. The number of thiophene rings is 1. The summed E-state index contributed by atoms with van der Waals surface area (Å²) in [6, 6.07) is 3.93. The molecule has 6 heteroatoms. The Bertz CT molecular complexity index is 508. The van der Waals surface area contributed by atoms with E-state index in [1.165, 1.54) is 4.74 Å². The minimum Gasteiger partial charge on any atom is -0.291 e. The fourth-order valence-electron chi connectivity index (χ4n) is 2.15. The van der Waals surface area contributed by atoms with Crippen LogP contribution in [0.3, 0.4) is 0 Å². The lowest BCUT2D eigenvalue weighted by atomic mass is 10.1. The topological polar surface area (TPSA) is 26.5 Å². The number of hydrogen-bond donors (Lipinski definition) is 1. The lowest BCUT2D eigenvalue weighted by molar-refractivity contribution is -0.808. The molecular formula is C13H17N2OS3+. The number of thioether (sulfide) groups is 1. The van der Waals surface area contributed by atoms with Crippen LogP contribution in [0.5, 0.6) is 0 Å². The Balaban J connectivity index is 2.33. The molecule has 1 atom stereocenters. The molecular weight excluding hydrogens is 296 g/mol. The molecule has 0 spiro atoms. The van der Waals surface area contributed by atoms with Crippen LogP contribution in [0.4, 0.5) is 0 Å². The molecule has 1 aromatic rings. The van der Waals surface area contributed by atoms with E-state index in [4.69, 9.17) is 12.2 Å². The first-order valence-corrected chi connectivity index (χ1v) is 8.02. The molecule has 0 radical (unpaired) electrons. The SMILES string of the molecule is C=CCN1C(=S)SC(C)(C)C1[N+](O)=Cc1cccs1. The van der Waals surface area contributed by atoms with Crippen molar-refractivity contribution >= 4 is 45.9 Å². The van der Waals surface area contributed by atoms with Gasteiger partial charge < -0.3 is 0 Å². The molecule has 1 unspecified atom stereocenters. The van der Waals surface area contributed by atoms with Crippen molar-refractivity contribution in [3.8, 4) is 0 Å². The van der Waals surface area contributed by atoms with E-state index in [1.54, 1.807) is 35.4 Å². The van der Waals surface area contributed by atoms with Gasteiger partial charge >= 0.3 is 0 Å². The summed E-state index contributed by atoms with van der Waals surface area (Å²) in [5.41, 5.74) is 0. The fourth-order valence-corrected chi connectivity index (χ4v) is 4.69. The summed E-state index contributed by atoms with van der Waals surface area (Å²) in [5, 5.41) is 12.4. The van der Waals surface area contributed by atoms with E-state index >= 15 is 0 Å². The van der Waals surface area contributed by atoms with Gasteiger partial charge in [0.15, 0.2) is 0 Å². The van der Waals surface area contributed by atoms with Crippen LogP contribution in [0.15, 0.2) is 30.2 Å². The van der Waals surface area contributed by atoms with Crippen LogP contribution in [0, 0.1) is 0 Å². The van der Waals surface area contributed by atoms with Crippen molar-refractivity contribution in [3.05, 3.63) is 35.0 Å². The highest BCUT2D eigenvalue weighted by Crippen LogP contribution is 2.41. The molecule has 0 bridgehead atoms. The summed E-state index contributed by atoms with van der Waals surface area (Å²) in [6.45, 7) is 8.56. The van der Waals surface area contributed by atoms with Gasteiger partial charge in [-0.1, -0.05) is 36.1 Å². The zero-order chi connectivity index (χ0) is 14.0. The minimum atomic E-state index is -0.190. The van der Waals surface area contributed by atoms with Crippen LogP contribution in [0.1, 0.15) is 18.7 Å². The highest BCUT2D eigenvalue weighted by Gasteiger charge is 2.52. The van der Waals surface area contributed by atoms with E-state index in [2.05, 4.69) is 20.4 Å². The molecule has 1 saturated heterocycles. The van der Waals surface area contributed by atoms with Gasteiger partial charge in [-0.05, 0) is 30.0 Å². The smallest absolute Gasteiger partial charge is 0.291 e. The van der Waals surface area contributed by atoms with Gasteiger partial charge in [-0.15, -0.1) is 17.9 Å². The summed E-state index contributed by atoms with van der Waals surface area (Å²) in [7, 11) is 0. The Morgan fingerprint density at radius 2 is 2.37 bits per heavy atom. The van der Waals surface area contributed by atoms with Gasteiger partial charge in [-0.25, -0.2) is 0 Å². The first kappa shape index (κ1) is 14.6. The van der Waals surface area contributed by atoms with E-state index in [-0.39, 0.29) is 10.9 Å². The van der Waals surface area contributed by atoms with Crippen LogP contribution < -0.4 is 0 Å². The van der Waals surface area contributed by atoms with E-state index < -0.39 is 0 Å². The second-order valence-corrected chi connectivity index (χ2v) is 8.08. The van der Waals surface area contributed by atoms with Crippen molar-refractivity contribution < 1.29 is 9.95 Å². The molecule has 2 heterocycles. The standard InChI is InChI=1S/C13H17N2OS3/c1-4-7-14-11(13(2,3)19-12(14)17)15(16)9-10-6-5-8-18-10/h4-6,8-9,11,16H,1,7H2,2-3H3/q+1. The van der Waals surface area contributed by atoms with Crippen molar-refractivity contribution in [2.45, 2.75) is 24.8 Å². The Morgan fingerprint density at radius 3 is 2.95 bits per heavy atom. The van der Waals surface area contributed by atoms with Gasteiger partial charge in [0.05, 0.1) is 4.88 Å². The third-order valence-electron chi connectivity index (χ3n) is 2.88. The van der Waals surface area contributed by atoms with Gasteiger partial charge in [-0.2, -0.15) is 0 Å². The quantitative estimate of drug-likeness (QED) is 0.231. The van der Waals surface area contributed by atoms with Crippen molar-refractivity contribution in [2.75, 3.05) is 6.54 Å². The normalized spacial score (nSPS) is 22.8. The summed E-state index contributed by atoms with van der Waals surface area (Å²) >= 11 is 8.59.